The summed E-state index contributed by atoms with van der Waals surface area (Å²) in [6.45, 7) is 0. The molecule has 8 nitrogen and oxygen atoms in total. The highest BCUT2D eigenvalue weighted by Crippen LogP contribution is 2.28. The van der Waals surface area contributed by atoms with Crippen LogP contribution in [-0.4, -0.2) is 22.8 Å². The Balaban J connectivity index is 0.000000205. The SMILES string of the molecule is N=C1CCCCC1.N=C1CCCCC1.N=C1CCCCC1.N=C1CCCCC1.Nc1ccc(-c2ccc(N)c(N)c2)cc1N. The summed E-state index contributed by atoms with van der Waals surface area (Å²) in [6.07, 6.45) is 24.1. The van der Waals surface area contributed by atoms with E-state index in [2.05, 4.69) is 0 Å². The van der Waals surface area contributed by atoms with Crippen molar-refractivity contribution in [2.45, 2.75) is 128 Å². The zero-order chi connectivity index (χ0) is 32.2. The van der Waals surface area contributed by atoms with Crippen molar-refractivity contribution in [1.29, 1.82) is 21.6 Å². The molecule has 44 heavy (non-hydrogen) atoms. The fourth-order valence-electron chi connectivity index (χ4n) is 5.42. The van der Waals surface area contributed by atoms with E-state index in [1.54, 1.807) is 12.1 Å². The molecule has 4 fully saturated rings. The Bertz CT molecular complexity index is 1030. The number of hydrogen-bond acceptors (Lipinski definition) is 8. The number of anilines is 4. The van der Waals surface area contributed by atoms with Crippen LogP contribution in [0.25, 0.3) is 11.1 Å². The van der Waals surface area contributed by atoms with Crippen molar-refractivity contribution in [3.8, 4) is 11.1 Å². The van der Waals surface area contributed by atoms with E-state index in [4.69, 9.17) is 44.6 Å². The van der Waals surface area contributed by atoms with Crippen molar-refractivity contribution in [2.24, 2.45) is 0 Å². The van der Waals surface area contributed by atoms with Gasteiger partial charge in [-0.2, -0.15) is 0 Å². The molecule has 8 heteroatoms. The molecule has 4 aliphatic rings. The number of rotatable bonds is 1. The van der Waals surface area contributed by atoms with Gasteiger partial charge < -0.3 is 44.6 Å². The minimum Gasteiger partial charge on any atom is -0.397 e. The highest BCUT2D eigenvalue weighted by Gasteiger charge is 2.05. The number of hydrogen-bond donors (Lipinski definition) is 8. The van der Waals surface area contributed by atoms with Gasteiger partial charge in [-0.15, -0.1) is 0 Å². The van der Waals surface area contributed by atoms with Crippen LogP contribution >= 0.6 is 0 Å². The molecule has 4 saturated carbocycles. The van der Waals surface area contributed by atoms with E-state index in [1.165, 1.54) is 77.0 Å². The molecule has 0 atom stereocenters. The highest BCUT2D eigenvalue weighted by molar-refractivity contribution is 5.83. The molecule has 12 N–H and O–H groups in total. The third kappa shape index (κ3) is 15.7. The van der Waals surface area contributed by atoms with Crippen LogP contribution < -0.4 is 22.9 Å². The largest absolute Gasteiger partial charge is 0.397 e. The molecule has 0 unspecified atom stereocenters. The van der Waals surface area contributed by atoms with Crippen LogP contribution in [0.2, 0.25) is 0 Å². The topological polar surface area (TPSA) is 199 Å². The van der Waals surface area contributed by atoms with Gasteiger partial charge in [0.2, 0.25) is 0 Å². The average Bonchev–Trinajstić information content (AvgIpc) is 3.03. The Morgan fingerprint density at radius 3 is 0.705 bits per heavy atom. The lowest BCUT2D eigenvalue weighted by atomic mass is 9.99. The van der Waals surface area contributed by atoms with Crippen molar-refractivity contribution < 1.29 is 0 Å². The van der Waals surface area contributed by atoms with Crippen molar-refractivity contribution in [2.75, 3.05) is 22.9 Å². The van der Waals surface area contributed by atoms with Crippen molar-refractivity contribution in [3.63, 3.8) is 0 Å². The predicted octanol–water partition coefficient (Wildman–Crippen LogP) is 9.56. The van der Waals surface area contributed by atoms with Crippen LogP contribution in [-0.2, 0) is 0 Å². The summed E-state index contributed by atoms with van der Waals surface area (Å²) in [5.41, 5.74) is 30.9. The Morgan fingerprint density at radius 2 is 0.545 bits per heavy atom. The molecule has 242 valence electrons. The van der Waals surface area contributed by atoms with Crippen molar-refractivity contribution in [3.05, 3.63) is 36.4 Å². The molecule has 0 aromatic heterocycles. The number of nitrogens with one attached hydrogen (secondary N) is 4. The fraction of sp³-hybridized carbons (Fsp3) is 0.556. The second kappa shape index (κ2) is 21.1. The molecular weight excluding hydrogens is 544 g/mol. The highest BCUT2D eigenvalue weighted by atomic mass is 14.7. The first-order valence-electron chi connectivity index (χ1n) is 16.7. The van der Waals surface area contributed by atoms with E-state index >= 15 is 0 Å². The molecular formula is C36H58N8. The molecule has 4 aliphatic carbocycles. The summed E-state index contributed by atoms with van der Waals surface area (Å²) in [7, 11) is 0. The van der Waals surface area contributed by atoms with Gasteiger partial charge in [0.25, 0.3) is 0 Å². The van der Waals surface area contributed by atoms with Gasteiger partial charge in [0.1, 0.15) is 0 Å². The van der Waals surface area contributed by atoms with Gasteiger partial charge in [0, 0.05) is 22.8 Å². The minimum absolute atomic E-state index is 0.563. The Morgan fingerprint density at radius 1 is 0.318 bits per heavy atom. The maximum atomic E-state index is 7.19. The van der Waals surface area contributed by atoms with Gasteiger partial charge in [-0.3, -0.25) is 0 Å². The van der Waals surface area contributed by atoms with Crippen molar-refractivity contribution in [1.82, 2.24) is 0 Å². The summed E-state index contributed by atoms with van der Waals surface area (Å²) in [5, 5.41) is 28.8. The van der Waals surface area contributed by atoms with Crippen LogP contribution in [0.3, 0.4) is 0 Å². The smallest absolute Gasteiger partial charge is 0.0554 e. The molecule has 0 saturated heterocycles. The second-order valence-electron chi connectivity index (χ2n) is 12.3. The van der Waals surface area contributed by atoms with Crippen LogP contribution in [0.5, 0.6) is 0 Å². The normalized spacial score (nSPS) is 18.1. The lowest BCUT2D eigenvalue weighted by Gasteiger charge is -2.08. The standard InChI is InChI=1S/C12H14N4.4C6H11N/c13-9-3-1-7(5-11(9)15)8-2-4-10(14)12(16)6-8;4*7-6-4-2-1-3-5-6/h1-6H,13-16H2;4*7H,1-5H2. The lowest BCUT2D eigenvalue weighted by Crippen LogP contribution is -2.01. The van der Waals surface area contributed by atoms with E-state index in [1.807, 2.05) is 24.3 Å². The molecule has 2 aromatic rings. The monoisotopic (exact) mass is 602 g/mol. The molecule has 2 aromatic carbocycles. The molecule has 0 spiro atoms. The van der Waals surface area contributed by atoms with Crippen LogP contribution in [0.15, 0.2) is 36.4 Å². The summed E-state index contributed by atoms with van der Waals surface area (Å²) in [5.74, 6) is 0. The van der Waals surface area contributed by atoms with Gasteiger partial charge in [-0.1, -0.05) is 37.8 Å². The number of nitrogen functional groups attached to an aromatic ring is 4. The summed E-state index contributed by atoms with van der Waals surface area (Å²) in [4.78, 5) is 0. The van der Waals surface area contributed by atoms with Crippen LogP contribution in [0.1, 0.15) is 128 Å². The molecule has 6 rings (SSSR count). The summed E-state index contributed by atoms with van der Waals surface area (Å²) < 4.78 is 0. The Labute approximate surface area is 265 Å². The van der Waals surface area contributed by atoms with Gasteiger partial charge in [-0.05, 0) is 138 Å². The first-order valence-corrected chi connectivity index (χ1v) is 16.7. The summed E-state index contributed by atoms with van der Waals surface area (Å²) >= 11 is 0. The fourth-order valence-corrected chi connectivity index (χ4v) is 5.42. The third-order valence-corrected chi connectivity index (χ3v) is 8.34. The number of benzene rings is 2. The van der Waals surface area contributed by atoms with Gasteiger partial charge in [0.15, 0.2) is 0 Å². The molecule has 0 amide bonds. The zero-order valence-corrected chi connectivity index (χ0v) is 26.9. The summed E-state index contributed by atoms with van der Waals surface area (Å²) in [6, 6.07) is 11.0. The van der Waals surface area contributed by atoms with Crippen molar-refractivity contribution >= 4 is 45.6 Å². The minimum atomic E-state index is 0.563. The Hall–Kier alpha value is -3.68. The molecule has 0 radical (unpaired) electrons. The maximum Gasteiger partial charge on any atom is 0.0554 e. The van der Waals surface area contributed by atoms with E-state index in [-0.39, 0.29) is 0 Å². The van der Waals surface area contributed by atoms with Crippen LogP contribution in [0, 0.1) is 21.6 Å². The zero-order valence-electron chi connectivity index (χ0n) is 26.9. The first-order chi connectivity index (χ1) is 21.2. The molecule has 0 aliphatic heterocycles. The maximum absolute atomic E-state index is 7.19. The predicted molar refractivity (Wildman–Crippen MR) is 193 cm³/mol. The van der Waals surface area contributed by atoms with Crippen LogP contribution in [0.4, 0.5) is 22.7 Å². The van der Waals surface area contributed by atoms with E-state index in [0.29, 0.717) is 22.7 Å². The van der Waals surface area contributed by atoms with Gasteiger partial charge >= 0.3 is 0 Å². The van der Waals surface area contributed by atoms with E-state index < -0.39 is 0 Å². The number of nitrogens with two attached hydrogens (primary N) is 4. The molecule has 0 heterocycles. The van der Waals surface area contributed by atoms with E-state index in [0.717, 1.165) is 85.3 Å². The van der Waals surface area contributed by atoms with Gasteiger partial charge in [-0.25, -0.2) is 0 Å². The third-order valence-electron chi connectivity index (χ3n) is 8.34. The Kier molecular flexibility index (Phi) is 17.5. The average molecular weight is 603 g/mol. The quantitative estimate of drug-likeness (QED) is 0.150. The molecule has 0 bridgehead atoms. The first kappa shape index (κ1) is 36.5. The van der Waals surface area contributed by atoms with Gasteiger partial charge in [0.05, 0.1) is 22.7 Å². The second-order valence-corrected chi connectivity index (χ2v) is 12.3. The van der Waals surface area contributed by atoms with E-state index in [9.17, 15) is 0 Å². The lowest BCUT2D eigenvalue weighted by molar-refractivity contribution is 0.663.